The summed E-state index contributed by atoms with van der Waals surface area (Å²) in [5.41, 5.74) is 1.69. The minimum atomic E-state index is -3.45. The lowest BCUT2D eigenvalue weighted by Crippen LogP contribution is -2.34. The Balaban J connectivity index is 2.22. The number of sulfonamides is 1. The van der Waals surface area contributed by atoms with Crippen LogP contribution in [0.15, 0.2) is 17.0 Å². The number of benzene rings is 1. The normalized spacial score (nSPS) is 17.5. The molecule has 0 spiro atoms. The van der Waals surface area contributed by atoms with Crippen LogP contribution >= 0.6 is 0 Å². The van der Waals surface area contributed by atoms with Crippen LogP contribution in [0, 0.1) is 13.8 Å². The number of hydrogen-bond acceptors (Lipinski definition) is 3. The zero-order valence-electron chi connectivity index (χ0n) is 13.1. The molecular weight excluding hydrogens is 286 g/mol. The van der Waals surface area contributed by atoms with Gasteiger partial charge in [0.1, 0.15) is 5.75 Å². The number of hydrogen-bond donors (Lipinski definition) is 1. The van der Waals surface area contributed by atoms with Crippen LogP contribution in [0.1, 0.15) is 49.7 Å². The fraction of sp³-hybridized carbons (Fsp3) is 0.625. The molecule has 0 aliphatic heterocycles. The van der Waals surface area contributed by atoms with Gasteiger partial charge in [-0.2, -0.15) is 0 Å². The maximum Gasteiger partial charge on any atom is 0.240 e. The molecule has 0 atom stereocenters. The molecule has 21 heavy (non-hydrogen) atoms. The van der Waals surface area contributed by atoms with E-state index in [2.05, 4.69) is 4.72 Å². The van der Waals surface area contributed by atoms with Crippen LogP contribution in [-0.2, 0) is 10.0 Å². The van der Waals surface area contributed by atoms with E-state index in [1.807, 2.05) is 13.8 Å². The molecule has 1 aliphatic carbocycles. The highest BCUT2D eigenvalue weighted by atomic mass is 32.2. The van der Waals surface area contributed by atoms with Gasteiger partial charge in [-0.25, -0.2) is 13.1 Å². The highest BCUT2D eigenvalue weighted by molar-refractivity contribution is 7.89. The van der Waals surface area contributed by atoms with E-state index in [0.29, 0.717) is 4.90 Å². The van der Waals surface area contributed by atoms with Gasteiger partial charge in [-0.05, 0) is 49.9 Å². The van der Waals surface area contributed by atoms with Crippen molar-refractivity contribution >= 4 is 10.0 Å². The Morgan fingerprint density at radius 3 is 2.05 bits per heavy atom. The van der Waals surface area contributed by atoms with E-state index in [-0.39, 0.29) is 6.04 Å². The number of rotatable bonds is 4. The third kappa shape index (κ3) is 3.98. The molecule has 1 saturated carbocycles. The Morgan fingerprint density at radius 2 is 1.57 bits per heavy atom. The molecule has 0 bridgehead atoms. The topological polar surface area (TPSA) is 55.4 Å². The molecule has 0 aromatic heterocycles. The summed E-state index contributed by atoms with van der Waals surface area (Å²) in [6, 6.07) is 3.44. The van der Waals surface area contributed by atoms with Gasteiger partial charge in [-0.15, -0.1) is 0 Å². The third-order valence-corrected chi connectivity index (χ3v) is 5.63. The van der Waals surface area contributed by atoms with Crippen molar-refractivity contribution in [1.29, 1.82) is 0 Å². The fourth-order valence-corrected chi connectivity index (χ4v) is 4.55. The Morgan fingerprint density at radius 1 is 1.05 bits per heavy atom. The van der Waals surface area contributed by atoms with Crippen molar-refractivity contribution in [2.24, 2.45) is 0 Å². The lowest BCUT2D eigenvalue weighted by Gasteiger charge is -2.18. The van der Waals surface area contributed by atoms with E-state index >= 15 is 0 Å². The van der Waals surface area contributed by atoms with Gasteiger partial charge in [0.25, 0.3) is 0 Å². The molecule has 5 heteroatoms. The monoisotopic (exact) mass is 311 g/mol. The highest BCUT2D eigenvalue weighted by Gasteiger charge is 2.22. The van der Waals surface area contributed by atoms with Gasteiger partial charge in [0.15, 0.2) is 0 Å². The van der Waals surface area contributed by atoms with Crippen molar-refractivity contribution in [2.45, 2.75) is 63.3 Å². The van der Waals surface area contributed by atoms with Gasteiger partial charge >= 0.3 is 0 Å². The number of nitrogens with one attached hydrogen (secondary N) is 1. The average molecular weight is 311 g/mol. The highest BCUT2D eigenvalue weighted by Crippen LogP contribution is 2.27. The smallest absolute Gasteiger partial charge is 0.240 e. The SMILES string of the molecule is COc1c(C)cc(S(=O)(=O)NC2CCCCCC2)cc1C. The van der Waals surface area contributed by atoms with Crippen LogP contribution in [0.25, 0.3) is 0 Å². The molecule has 118 valence electrons. The van der Waals surface area contributed by atoms with Crippen molar-refractivity contribution in [2.75, 3.05) is 7.11 Å². The second kappa shape index (κ2) is 6.79. The quantitative estimate of drug-likeness (QED) is 0.868. The maximum absolute atomic E-state index is 12.6. The Hall–Kier alpha value is -1.07. The van der Waals surface area contributed by atoms with Crippen LogP contribution in [-0.4, -0.2) is 21.6 Å². The summed E-state index contributed by atoms with van der Waals surface area (Å²) in [5, 5.41) is 0. The number of ether oxygens (including phenoxy) is 1. The first kappa shape index (κ1) is 16.3. The van der Waals surface area contributed by atoms with Gasteiger partial charge in [-0.1, -0.05) is 25.7 Å². The molecule has 0 unspecified atom stereocenters. The zero-order valence-corrected chi connectivity index (χ0v) is 13.9. The van der Waals surface area contributed by atoms with Gasteiger partial charge < -0.3 is 4.74 Å². The summed E-state index contributed by atoms with van der Waals surface area (Å²) >= 11 is 0. The second-order valence-electron chi connectivity index (χ2n) is 5.90. The summed E-state index contributed by atoms with van der Waals surface area (Å²) < 4.78 is 33.3. The van der Waals surface area contributed by atoms with E-state index in [9.17, 15) is 8.42 Å². The molecule has 4 nitrogen and oxygen atoms in total. The van der Waals surface area contributed by atoms with E-state index in [1.165, 1.54) is 12.8 Å². The molecule has 0 saturated heterocycles. The van der Waals surface area contributed by atoms with Crippen LogP contribution in [0.4, 0.5) is 0 Å². The van der Waals surface area contributed by atoms with Crippen LogP contribution in [0.3, 0.4) is 0 Å². The van der Waals surface area contributed by atoms with Crippen LogP contribution in [0.5, 0.6) is 5.75 Å². The second-order valence-corrected chi connectivity index (χ2v) is 7.61. The van der Waals surface area contributed by atoms with Crippen molar-refractivity contribution < 1.29 is 13.2 Å². The standard InChI is InChI=1S/C16H25NO3S/c1-12-10-15(11-13(2)16(12)20-3)21(18,19)17-14-8-6-4-5-7-9-14/h10-11,14,17H,4-9H2,1-3H3. The van der Waals surface area contributed by atoms with Crippen molar-refractivity contribution in [1.82, 2.24) is 4.72 Å². The number of aryl methyl sites for hydroxylation is 2. The first-order valence-electron chi connectivity index (χ1n) is 7.61. The van der Waals surface area contributed by atoms with Crippen molar-refractivity contribution in [3.8, 4) is 5.75 Å². The number of methoxy groups -OCH3 is 1. The average Bonchev–Trinajstić information content (AvgIpc) is 2.66. The van der Waals surface area contributed by atoms with E-state index in [1.54, 1.807) is 19.2 Å². The summed E-state index contributed by atoms with van der Waals surface area (Å²) in [6.45, 7) is 3.74. The molecule has 0 heterocycles. The predicted octanol–water partition coefficient (Wildman–Crippen LogP) is 3.31. The van der Waals surface area contributed by atoms with Crippen molar-refractivity contribution in [3.05, 3.63) is 23.3 Å². The summed E-state index contributed by atoms with van der Waals surface area (Å²) in [7, 11) is -1.85. The molecule has 0 radical (unpaired) electrons. The molecule has 1 N–H and O–H groups in total. The first-order valence-corrected chi connectivity index (χ1v) is 9.10. The minimum absolute atomic E-state index is 0.0696. The zero-order chi connectivity index (χ0) is 15.5. The fourth-order valence-electron chi connectivity index (χ4n) is 3.07. The lowest BCUT2D eigenvalue weighted by molar-refractivity contribution is 0.408. The van der Waals surface area contributed by atoms with E-state index in [4.69, 9.17) is 4.74 Å². The van der Waals surface area contributed by atoms with Gasteiger partial charge in [0.05, 0.1) is 12.0 Å². The molecular formula is C16H25NO3S. The Kier molecular flexibility index (Phi) is 5.27. The Bertz CT molecular complexity index is 565. The van der Waals surface area contributed by atoms with Gasteiger partial charge in [-0.3, -0.25) is 0 Å². The molecule has 2 rings (SSSR count). The largest absolute Gasteiger partial charge is 0.496 e. The summed E-state index contributed by atoms with van der Waals surface area (Å²) in [6.07, 6.45) is 6.50. The minimum Gasteiger partial charge on any atom is -0.496 e. The Labute approximate surface area is 127 Å². The molecule has 0 amide bonds. The molecule has 1 aliphatic rings. The maximum atomic E-state index is 12.6. The molecule has 1 aromatic carbocycles. The molecule has 1 fully saturated rings. The lowest BCUT2D eigenvalue weighted by atomic mass is 10.1. The predicted molar refractivity (Wildman–Crippen MR) is 84.3 cm³/mol. The van der Waals surface area contributed by atoms with Gasteiger partial charge in [0.2, 0.25) is 10.0 Å². The third-order valence-electron chi connectivity index (χ3n) is 4.13. The summed E-state index contributed by atoms with van der Waals surface area (Å²) in [5.74, 6) is 0.753. The van der Waals surface area contributed by atoms with Crippen LogP contribution < -0.4 is 9.46 Å². The van der Waals surface area contributed by atoms with Crippen molar-refractivity contribution in [3.63, 3.8) is 0 Å². The summed E-state index contributed by atoms with van der Waals surface area (Å²) in [4.78, 5) is 0.336. The van der Waals surface area contributed by atoms with Crippen LogP contribution in [0.2, 0.25) is 0 Å². The van der Waals surface area contributed by atoms with Gasteiger partial charge in [0, 0.05) is 6.04 Å². The first-order chi connectivity index (χ1) is 9.94. The van der Waals surface area contributed by atoms with E-state index in [0.717, 1.165) is 42.6 Å². The van der Waals surface area contributed by atoms with E-state index < -0.39 is 10.0 Å². The molecule has 1 aromatic rings.